The van der Waals surface area contributed by atoms with Crippen LogP contribution < -0.4 is 19.1 Å². The molecule has 11 heteroatoms. The number of carbonyl (C=O) groups is 2. The number of sulfonamides is 1. The van der Waals surface area contributed by atoms with Gasteiger partial charge in [-0.25, -0.2) is 12.8 Å². The second-order valence-corrected chi connectivity index (χ2v) is 12.3. The van der Waals surface area contributed by atoms with E-state index in [1.807, 2.05) is 0 Å². The summed E-state index contributed by atoms with van der Waals surface area (Å²) in [4.78, 5) is 28.1. The molecule has 1 atom stereocenters. The number of rotatable bonds is 11. The average molecular weight is 576 g/mol. The van der Waals surface area contributed by atoms with Crippen LogP contribution in [-0.2, 0) is 26.2 Å². The molecule has 40 heavy (non-hydrogen) atoms. The van der Waals surface area contributed by atoms with E-state index in [0.717, 1.165) is 38.4 Å². The Hall–Kier alpha value is -3.34. The summed E-state index contributed by atoms with van der Waals surface area (Å²) in [7, 11) is -3.65. The lowest BCUT2D eigenvalue weighted by atomic mass is 9.95. The first kappa shape index (κ1) is 29.6. The van der Waals surface area contributed by atoms with Crippen LogP contribution in [0.15, 0.2) is 42.5 Å². The fourth-order valence-corrected chi connectivity index (χ4v) is 6.09. The highest BCUT2D eigenvalue weighted by atomic mass is 32.2. The zero-order valence-corrected chi connectivity index (χ0v) is 23.9. The van der Waals surface area contributed by atoms with Crippen LogP contribution in [0.3, 0.4) is 0 Å². The van der Waals surface area contributed by atoms with Crippen LogP contribution in [0, 0.1) is 5.82 Å². The maximum absolute atomic E-state index is 13.5. The van der Waals surface area contributed by atoms with Crippen LogP contribution in [0.5, 0.6) is 11.5 Å². The lowest BCUT2D eigenvalue weighted by molar-refractivity contribution is -0.141. The number of hydrogen-bond acceptors (Lipinski definition) is 6. The fourth-order valence-electron chi connectivity index (χ4n) is 5.13. The van der Waals surface area contributed by atoms with Gasteiger partial charge >= 0.3 is 0 Å². The van der Waals surface area contributed by atoms with E-state index in [9.17, 15) is 22.4 Å². The maximum atomic E-state index is 13.5. The highest BCUT2D eigenvalue weighted by Crippen LogP contribution is 2.34. The zero-order chi connectivity index (χ0) is 28.7. The second-order valence-electron chi connectivity index (χ2n) is 10.4. The average Bonchev–Trinajstić information content (AvgIpc) is 2.94. The molecule has 1 unspecified atom stereocenters. The molecule has 4 rings (SSSR count). The number of nitrogens with one attached hydrogen (secondary N) is 1. The van der Waals surface area contributed by atoms with E-state index in [0.29, 0.717) is 36.0 Å². The van der Waals surface area contributed by atoms with Gasteiger partial charge in [0.05, 0.1) is 11.9 Å². The number of halogens is 1. The van der Waals surface area contributed by atoms with Crippen molar-refractivity contribution in [1.82, 2.24) is 10.2 Å². The number of amides is 2. The molecular weight excluding hydrogens is 537 g/mol. The van der Waals surface area contributed by atoms with Crippen LogP contribution in [0.2, 0.25) is 0 Å². The number of ether oxygens (including phenoxy) is 2. The summed E-state index contributed by atoms with van der Waals surface area (Å²) in [5, 5.41) is 3.09. The van der Waals surface area contributed by atoms with Crippen molar-refractivity contribution in [1.29, 1.82) is 0 Å². The van der Waals surface area contributed by atoms with Crippen molar-refractivity contribution in [2.24, 2.45) is 0 Å². The van der Waals surface area contributed by atoms with Crippen LogP contribution in [0.1, 0.15) is 57.4 Å². The Morgan fingerprint density at radius 3 is 2.38 bits per heavy atom. The highest BCUT2D eigenvalue weighted by molar-refractivity contribution is 7.92. The Kier molecular flexibility index (Phi) is 9.89. The molecular formula is C29H38FN3O6S. The summed E-state index contributed by atoms with van der Waals surface area (Å²) >= 11 is 0. The molecule has 1 fully saturated rings. The minimum absolute atomic E-state index is 0.0266. The number of nitrogens with zero attached hydrogens (tertiary/aromatic N) is 2. The van der Waals surface area contributed by atoms with Crippen molar-refractivity contribution in [2.75, 3.05) is 30.3 Å². The lowest BCUT2D eigenvalue weighted by Gasteiger charge is -2.31. The van der Waals surface area contributed by atoms with Gasteiger partial charge in [0.2, 0.25) is 21.8 Å². The number of fused-ring (bicyclic) bond motifs is 1. The zero-order valence-electron chi connectivity index (χ0n) is 23.1. The quantitative estimate of drug-likeness (QED) is 0.434. The van der Waals surface area contributed by atoms with Gasteiger partial charge in [-0.3, -0.25) is 13.9 Å². The molecule has 1 aliphatic heterocycles. The smallest absolute Gasteiger partial charge is 0.242 e. The van der Waals surface area contributed by atoms with E-state index in [1.165, 1.54) is 21.3 Å². The Bertz CT molecular complexity index is 1280. The molecule has 0 bridgehead atoms. The van der Waals surface area contributed by atoms with Gasteiger partial charge in [-0.15, -0.1) is 0 Å². The van der Waals surface area contributed by atoms with E-state index in [-0.39, 0.29) is 49.6 Å². The van der Waals surface area contributed by atoms with Gasteiger partial charge in [-0.1, -0.05) is 31.4 Å². The van der Waals surface area contributed by atoms with Gasteiger partial charge in [-0.05, 0) is 56.0 Å². The monoisotopic (exact) mass is 575 g/mol. The largest absolute Gasteiger partial charge is 0.486 e. The van der Waals surface area contributed by atoms with Crippen LogP contribution in [0.4, 0.5) is 10.1 Å². The molecule has 2 amide bonds. The predicted molar refractivity (Wildman–Crippen MR) is 150 cm³/mol. The molecule has 2 aromatic rings. The summed E-state index contributed by atoms with van der Waals surface area (Å²) in [6, 6.07) is 10.1. The molecule has 218 valence electrons. The number of anilines is 1. The third kappa shape index (κ3) is 7.87. The topological polar surface area (TPSA) is 105 Å². The molecule has 1 saturated carbocycles. The predicted octanol–water partition coefficient (Wildman–Crippen LogP) is 4.01. The van der Waals surface area contributed by atoms with E-state index in [4.69, 9.17) is 9.47 Å². The number of carbonyl (C=O) groups excluding carboxylic acids is 2. The number of hydrogen-bond donors (Lipinski definition) is 1. The third-order valence-electron chi connectivity index (χ3n) is 7.35. The fraction of sp³-hybridized carbons (Fsp3) is 0.517. The molecule has 0 spiro atoms. The van der Waals surface area contributed by atoms with Gasteiger partial charge < -0.3 is 19.7 Å². The summed E-state index contributed by atoms with van der Waals surface area (Å²) < 4.78 is 51.1. The first-order chi connectivity index (χ1) is 19.1. The van der Waals surface area contributed by atoms with E-state index >= 15 is 0 Å². The van der Waals surface area contributed by atoms with Gasteiger partial charge in [0.1, 0.15) is 25.1 Å². The molecule has 2 aliphatic rings. The molecule has 0 aromatic heterocycles. The molecule has 1 heterocycles. The lowest BCUT2D eigenvalue weighted by Crippen LogP contribution is -2.50. The minimum Gasteiger partial charge on any atom is -0.486 e. The Morgan fingerprint density at radius 2 is 1.70 bits per heavy atom. The Balaban J connectivity index is 1.45. The van der Waals surface area contributed by atoms with E-state index < -0.39 is 16.1 Å². The summed E-state index contributed by atoms with van der Waals surface area (Å²) in [5.41, 5.74) is 1.11. The maximum Gasteiger partial charge on any atom is 0.242 e. The van der Waals surface area contributed by atoms with Crippen molar-refractivity contribution < 1.29 is 31.9 Å². The van der Waals surface area contributed by atoms with Crippen LogP contribution >= 0.6 is 0 Å². The summed E-state index contributed by atoms with van der Waals surface area (Å²) in [6.07, 6.45) is 6.51. The van der Waals surface area contributed by atoms with E-state index in [2.05, 4.69) is 5.32 Å². The molecule has 1 N–H and O–H groups in total. The van der Waals surface area contributed by atoms with Gasteiger partial charge in [0.15, 0.2) is 11.5 Å². The summed E-state index contributed by atoms with van der Waals surface area (Å²) in [5.74, 6) is 0.125. The van der Waals surface area contributed by atoms with E-state index in [1.54, 1.807) is 37.3 Å². The Labute approximate surface area is 235 Å². The molecule has 0 radical (unpaired) electrons. The summed E-state index contributed by atoms with van der Waals surface area (Å²) in [6.45, 7) is 2.70. The molecule has 2 aromatic carbocycles. The molecule has 0 saturated heterocycles. The first-order valence-electron chi connectivity index (χ1n) is 13.8. The van der Waals surface area contributed by atoms with Crippen molar-refractivity contribution in [3.63, 3.8) is 0 Å². The third-order valence-corrected chi connectivity index (χ3v) is 8.55. The van der Waals surface area contributed by atoms with Crippen molar-refractivity contribution in [2.45, 2.75) is 70.5 Å². The first-order valence-corrected chi connectivity index (χ1v) is 15.7. The molecule has 1 aliphatic carbocycles. The van der Waals surface area contributed by atoms with Crippen molar-refractivity contribution in [3.8, 4) is 11.5 Å². The second kappa shape index (κ2) is 13.3. The number of benzene rings is 2. The minimum atomic E-state index is -3.65. The highest BCUT2D eigenvalue weighted by Gasteiger charge is 2.28. The standard InChI is InChI=1S/C29H38FN3O6S/c1-21(29(35)31-24-7-4-3-5-8-24)32(20-22-10-12-23(30)13-11-22)28(34)9-6-16-33(40(2,36)37)25-14-15-26-27(19-25)39-18-17-38-26/h10-15,19,21,24H,3-9,16-18,20H2,1-2H3,(H,31,35). The van der Waals surface area contributed by atoms with Crippen molar-refractivity contribution >= 4 is 27.5 Å². The van der Waals surface area contributed by atoms with Gasteiger partial charge in [0, 0.05) is 31.6 Å². The van der Waals surface area contributed by atoms with Crippen LogP contribution in [-0.4, -0.2) is 63.2 Å². The van der Waals surface area contributed by atoms with Crippen LogP contribution in [0.25, 0.3) is 0 Å². The SMILES string of the molecule is CC(C(=O)NC1CCCCC1)N(Cc1ccc(F)cc1)C(=O)CCCN(c1ccc2c(c1)OCCO2)S(C)(=O)=O. The van der Waals surface area contributed by atoms with Crippen molar-refractivity contribution in [3.05, 3.63) is 53.8 Å². The van der Waals surface area contributed by atoms with Gasteiger partial charge in [0.25, 0.3) is 0 Å². The van der Waals surface area contributed by atoms with Gasteiger partial charge in [-0.2, -0.15) is 0 Å². The Morgan fingerprint density at radius 1 is 1.02 bits per heavy atom. The normalized spacial score (nSPS) is 16.2. The molecule has 9 nitrogen and oxygen atoms in total.